The number of aryl methyl sites for hydroxylation is 5. The van der Waals surface area contributed by atoms with Gasteiger partial charge in [-0.15, -0.1) is 0 Å². The number of esters is 5. The molecule has 0 unspecified atom stereocenters. The average Bonchev–Trinajstić information content (AvgIpc) is 1.71. The van der Waals surface area contributed by atoms with E-state index in [1.165, 1.54) is 76.2 Å². The summed E-state index contributed by atoms with van der Waals surface area (Å²) in [7, 11) is 11.0. The highest BCUT2D eigenvalue weighted by atomic mass is 127. The first-order valence-corrected chi connectivity index (χ1v) is 32.5. The fourth-order valence-electron chi connectivity index (χ4n) is 10.00. The van der Waals surface area contributed by atoms with Crippen LogP contribution < -0.4 is 5.73 Å². The second-order valence-corrected chi connectivity index (χ2v) is 25.0. The molecular formula is C55H55B3Br3I2N15O21. The maximum Gasteiger partial charge on any atom is 0.426 e. The van der Waals surface area contributed by atoms with Crippen molar-refractivity contribution in [2.24, 2.45) is 21.1 Å². The van der Waals surface area contributed by atoms with Crippen LogP contribution >= 0.6 is 93.0 Å². The molecule has 5 aromatic heterocycles. The van der Waals surface area contributed by atoms with Gasteiger partial charge in [0.25, 0.3) is 22.7 Å². The largest absolute Gasteiger partial charge is 0.465 e. The van der Waals surface area contributed by atoms with Crippen molar-refractivity contribution >= 4 is 227 Å². The molecule has 44 heteroatoms. The van der Waals surface area contributed by atoms with Gasteiger partial charge in [-0.2, -0.15) is 25.5 Å². The predicted octanol–water partition coefficient (Wildman–Crippen LogP) is 11.1. The number of hydrogen-bond acceptors (Lipinski definition) is 27. The molecule has 0 saturated carbocycles. The van der Waals surface area contributed by atoms with E-state index in [-0.39, 0.29) is 85.7 Å². The number of anilines is 1. The summed E-state index contributed by atoms with van der Waals surface area (Å²) in [5.41, 5.74) is 12.0. The quantitative estimate of drug-likeness (QED) is 0.0230. The molecule has 11 rings (SSSR count). The van der Waals surface area contributed by atoms with Crippen molar-refractivity contribution in [3.63, 3.8) is 0 Å². The SMILES string of the molecule is CB1OB(C)OB(C)O1.COC(=O)c1cc2[nH]ncc2c([N+](=O)[O-])c1Br.COC(=O)c1cc2c(c(C)nn2C)c(N)c1C.COC(=O)c1cc2c(c(C)nn2C)c([N+](=O)[O-])c1C.COC(=O)c1cc2c(c(I)nn2C)c([N+](=O)[O-])c1Br.COC(=O)c1cc2n[nH]c(I)c2c([N+](=O)[O-])c1Br. The standard InChI is InChI=1S/C12H13N3O4.C12H15N3O2.C10H7BrIN3O4.C9H5BrIN3O4.C9H6BrN3O4.C3H9B3O3/c1-6-8(12(16)19-4)5-9-10(11(6)15(17)18)7(2)13-14(9)3;1-6-8(12(16)17-4)5-9-10(11(6)13)7(2)14-15(9)3;1-14-5-3-4(10(16)19-2)7(11)8(15(17)18)6(5)9(12)13-14;1-18-9(15)3-2-4-5(8(11)13-12-4)7(6(3)10)14(16)17;1-17-9(14)4-2-6-5(3-11-12-6)8(7(4)10)13(15)16;1-4-7-5(2)9-6(3)8-4/h5H,1-4H3;5H,13H2,1-4H3;3H,1-2H3;2H,1H3,(H,12,13);2-3H,1H3,(H,11,12);1-3H3. The van der Waals surface area contributed by atoms with Crippen molar-refractivity contribution in [2.75, 3.05) is 41.3 Å². The lowest BCUT2D eigenvalue weighted by Crippen LogP contribution is -2.44. The van der Waals surface area contributed by atoms with Crippen LogP contribution in [-0.4, -0.2) is 156 Å². The molecular weight excluding hydrogens is 1730 g/mol. The topological polar surface area (TPSA) is 469 Å². The second kappa shape index (κ2) is 33.4. The molecule has 0 aliphatic carbocycles. The Morgan fingerprint density at radius 3 is 1.33 bits per heavy atom. The number of nitro benzene ring substituents is 4. The van der Waals surface area contributed by atoms with Crippen LogP contribution in [0.15, 0.2) is 49.9 Å². The van der Waals surface area contributed by atoms with Crippen LogP contribution in [0.3, 0.4) is 0 Å². The van der Waals surface area contributed by atoms with E-state index in [1.54, 1.807) is 37.8 Å². The lowest BCUT2D eigenvalue weighted by Gasteiger charge is -2.25. The third-order valence-corrected chi connectivity index (χ3v) is 18.4. The van der Waals surface area contributed by atoms with E-state index >= 15 is 0 Å². The minimum absolute atomic E-state index is 0.0691. The van der Waals surface area contributed by atoms with Gasteiger partial charge in [0, 0.05) is 37.8 Å². The number of hydrogen-bond donors (Lipinski definition) is 3. The maximum atomic E-state index is 11.7. The van der Waals surface area contributed by atoms with Crippen LogP contribution in [0.1, 0.15) is 74.3 Å². The number of nitrogens with zero attached hydrogens (tertiary/aromatic N) is 12. The van der Waals surface area contributed by atoms with Gasteiger partial charge in [0.2, 0.25) is 0 Å². The number of ether oxygens (including phenoxy) is 5. The van der Waals surface area contributed by atoms with Gasteiger partial charge < -0.3 is 43.1 Å². The summed E-state index contributed by atoms with van der Waals surface area (Å²) in [4.78, 5) is 100. The van der Waals surface area contributed by atoms with E-state index in [0.29, 0.717) is 73.5 Å². The van der Waals surface area contributed by atoms with Gasteiger partial charge in [-0.05, 0) is 177 Å². The van der Waals surface area contributed by atoms with E-state index in [1.807, 2.05) is 86.5 Å². The summed E-state index contributed by atoms with van der Waals surface area (Å²) < 4.78 is 44.5. The number of methoxy groups -OCH3 is 5. The zero-order chi connectivity index (χ0) is 74.3. The molecule has 1 fully saturated rings. The number of aromatic amines is 2. The van der Waals surface area contributed by atoms with Crippen LogP contribution in [0.2, 0.25) is 20.5 Å². The first-order valence-electron chi connectivity index (χ1n) is 28.0. The normalized spacial score (nSPS) is 11.6. The van der Waals surface area contributed by atoms with E-state index < -0.39 is 43.6 Å². The monoisotopic (exact) mass is 1780 g/mol. The molecule has 10 aromatic rings. The minimum Gasteiger partial charge on any atom is -0.465 e. The number of halogens is 5. The molecule has 1 aliphatic rings. The molecule has 0 amide bonds. The van der Waals surface area contributed by atoms with Crippen molar-refractivity contribution in [1.29, 1.82) is 0 Å². The van der Waals surface area contributed by atoms with Crippen LogP contribution in [0.25, 0.3) is 54.5 Å². The average molecular weight is 1790 g/mol. The fourth-order valence-corrected chi connectivity index (χ4v) is 13.4. The first kappa shape index (κ1) is 79.2. The molecule has 1 aliphatic heterocycles. The number of fused-ring (bicyclic) bond motifs is 5. The number of nitrogens with two attached hydrogens (primary N) is 1. The summed E-state index contributed by atoms with van der Waals surface area (Å²) in [6.07, 6.45) is 1.33. The Labute approximate surface area is 611 Å². The molecule has 520 valence electrons. The third-order valence-electron chi connectivity index (χ3n) is 14.5. The molecule has 0 atom stereocenters. The molecule has 6 heterocycles. The molecule has 0 spiro atoms. The molecule has 99 heavy (non-hydrogen) atoms. The highest BCUT2D eigenvalue weighted by Gasteiger charge is 2.34. The number of benzene rings is 5. The first-order chi connectivity index (χ1) is 46.4. The predicted molar refractivity (Wildman–Crippen MR) is 388 cm³/mol. The highest BCUT2D eigenvalue weighted by molar-refractivity contribution is 14.1. The Morgan fingerprint density at radius 2 is 0.879 bits per heavy atom. The number of H-pyrrole nitrogens is 2. The van der Waals surface area contributed by atoms with Gasteiger partial charge in [-0.3, -0.25) is 64.7 Å². The van der Waals surface area contributed by atoms with Gasteiger partial charge in [0.1, 0.15) is 42.5 Å². The van der Waals surface area contributed by atoms with Crippen LogP contribution in [-0.2, 0) is 58.5 Å². The Hall–Kier alpha value is -8.83. The van der Waals surface area contributed by atoms with Crippen molar-refractivity contribution in [2.45, 2.75) is 48.2 Å². The molecule has 1 saturated heterocycles. The van der Waals surface area contributed by atoms with Crippen LogP contribution in [0.4, 0.5) is 28.4 Å². The van der Waals surface area contributed by atoms with Crippen molar-refractivity contribution in [1.82, 2.24) is 49.7 Å². The zero-order valence-electron chi connectivity index (χ0n) is 54.6. The summed E-state index contributed by atoms with van der Waals surface area (Å²) >= 11 is 13.1. The molecule has 5 aromatic carbocycles. The van der Waals surface area contributed by atoms with Gasteiger partial charge in [0.15, 0.2) is 0 Å². The highest BCUT2D eigenvalue weighted by Crippen LogP contribution is 2.41. The third kappa shape index (κ3) is 16.9. The van der Waals surface area contributed by atoms with Gasteiger partial charge >= 0.3 is 51.2 Å². The molecule has 0 radical (unpaired) electrons. The lowest BCUT2D eigenvalue weighted by atomic mass is 9.74. The minimum atomic E-state index is -0.662. The van der Waals surface area contributed by atoms with E-state index in [2.05, 4.69) is 102 Å². The van der Waals surface area contributed by atoms with Gasteiger partial charge in [0.05, 0.1) is 128 Å². The van der Waals surface area contributed by atoms with Crippen molar-refractivity contribution < 1.29 is 81.1 Å². The Bertz CT molecular complexity index is 4790. The number of rotatable bonds is 9. The Kier molecular flexibility index (Phi) is 26.7. The smallest absolute Gasteiger partial charge is 0.426 e. The number of carbonyl (C=O) groups excluding carboxylic acids is 5. The van der Waals surface area contributed by atoms with Crippen LogP contribution in [0.5, 0.6) is 0 Å². The van der Waals surface area contributed by atoms with Crippen LogP contribution in [0, 0.1) is 75.6 Å². The van der Waals surface area contributed by atoms with E-state index in [9.17, 15) is 64.4 Å². The molecule has 4 N–H and O–H groups in total. The van der Waals surface area contributed by atoms with Gasteiger partial charge in [-0.25, -0.2) is 24.0 Å². The number of nitrogens with one attached hydrogen (secondary N) is 2. The molecule has 36 nitrogen and oxygen atoms in total. The number of nitrogen functional groups attached to an aromatic ring is 1. The number of carbonyl (C=O) groups is 5. The summed E-state index contributed by atoms with van der Waals surface area (Å²) in [6, 6.07) is 7.76. The second-order valence-electron chi connectivity index (χ2n) is 20.5. The zero-order valence-corrected chi connectivity index (χ0v) is 63.7. The van der Waals surface area contributed by atoms with E-state index in [4.69, 9.17) is 24.2 Å². The fraction of sp³-hybridized carbons (Fsp3) is 0.273. The van der Waals surface area contributed by atoms with Gasteiger partial charge in [-0.1, -0.05) is 0 Å². The van der Waals surface area contributed by atoms with E-state index in [0.717, 1.165) is 22.2 Å². The number of aromatic nitrogens is 10. The Morgan fingerprint density at radius 1 is 0.515 bits per heavy atom. The maximum absolute atomic E-state index is 11.7. The molecule has 0 bridgehead atoms. The number of nitro groups is 4. The lowest BCUT2D eigenvalue weighted by molar-refractivity contribution is -0.384. The summed E-state index contributed by atoms with van der Waals surface area (Å²) in [5, 5.41) is 72.5. The summed E-state index contributed by atoms with van der Waals surface area (Å²) in [6.45, 7) is 12.5. The summed E-state index contributed by atoms with van der Waals surface area (Å²) in [5.74, 6) is -2.94. The Balaban J connectivity index is 0.000000189. The van der Waals surface area contributed by atoms with Crippen molar-refractivity contribution in [3.05, 3.63) is 148 Å². The van der Waals surface area contributed by atoms with Crippen molar-refractivity contribution in [3.8, 4) is 0 Å².